The molecule has 0 aliphatic carbocycles. The molecule has 2 N–H and O–H groups in total. The highest BCUT2D eigenvalue weighted by Crippen LogP contribution is 2.28. The lowest BCUT2D eigenvalue weighted by Gasteiger charge is -2.29. The highest BCUT2D eigenvalue weighted by Gasteiger charge is 2.38. The number of carbonyl (C=O) groups is 3. The van der Waals surface area contributed by atoms with Gasteiger partial charge < -0.3 is 10.2 Å². The number of nitrogens with zero attached hydrogens (tertiary/aromatic N) is 1. The minimum absolute atomic E-state index is 0.158. The predicted octanol–water partition coefficient (Wildman–Crippen LogP) is 3.02. The maximum Gasteiger partial charge on any atom is 0.255 e. The van der Waals surface area contributed by atoms with E-state index in [0.717, 1.165) is 22.4 Å². The molecule has 1 saturated heterocycles. The molecular formula is C21H20ClN3O3. The molecule has 1 fully saturated rings. The number of aryl methyl sites for hydroxylation is 1. The van der Waals surface area contributed by atoms with E-state index in [9.17, 15) is 14.4 Å². The molecule has 2 aliphatic heterocycles. The number of rotatable bonds is 4. The third-order valence-corrected chi connectivity index (χ3v) is 5.66. The zero-order valence-corrected chi connectivity index (χ0v) is 16.2. The Morgan fingerprint density at radius 3 is 2.75 bits per heavy atom. The molecule has 1 unspecified atom stereocenters. The second kappa shape index (κ2) is 7.28. The number of nitrogens with one attached hydrogen (secondary N) is 2. The molecule has 2 aromatic rings. The number of imide groups is 1. The van der Waals surface area contributed by atoms with Crippen LogP contribution in [0, 0.1) is 6.92 Å². The van der Waals surface area contributed by atoms with E-state index in [1.165, 1.54) is 0 Å². The summed E-state index contributed by atoms with van der Waals surface area (Å²) in [7, 11) is 0. The lowest BCUT2D eigenvalue weighted by atomic mass is 10.0. The number of benzene rings is 2. The molecule has 2 aliphatic rings. The molecule has 0 spiro atoms. The number of amides is 3. The van der Waals surface area contributed by atoms with E-state index < -0.39 is 11.9 Å². The highest BCUT2D eigenvalue weighted by molar-refractivity contribution is 6.31. The van der Waals surface area contributed by atoms with Crippen LogP contribution in [0.4, 0.5) is 5.69 Å². The second-order valence-electron chi connectivity index (χ2n) is 7.21. The Balaban J connectivity index is 1.47. The molecule has 144 valence electrons. The van der Waals surface area contributed by atoms with Crippen LogP contribution in [0.15, 0.2) is 36.4 Å². The van der Waals surface area contributed by atoms with E-state index >= 15 is 0 Å². The van der Waals surface area contributed by atoms with Gasteiger partial charge in [-0.15, -0.1) is 0 Å². The van der Waals surface area contributed by atoms with Crippen LogP contribution < -0.4 is 10.6 Å². The molecular weight excluding hydrogens is 378 g/mol. The van der Waals surface area contributed by atoms with Crippen molar-refractivity contribution < 1.29 is 14.4 Å². The Kier molecular flexibility index (Phi) is 4.81. The van der Waals surface area contributed by atoms with Gasteiger partial charge in [0.05, 0.1) is 0 Å². The van der Waals surface area contributed by atoms with E-state index in [1.54, 1.807) is 4.90 Å². The number of fused-ring (bicyclic) bond motifs is 1. The van der Waals surface area contributed by atoms with Gasteiger partial charge in [0.1, 0.15) is 6.04 Å². The maximum atomic E-state index is 12.7. The van der Waals surface area contributed by atoms with Gasteiger partial charge in [0.25, 0.3) is 5.91 Å². The molecule has 0 saturated carbocycles. The topological polar surface area (TPSA) is 78.5 Å². The Morgan fingerprint density at radius 2 is 2.00 bits per heavy atom. The SMILES string of the molecule is Cc1ccc(NCc2ccc3c(c2)CN(C2CCC(=O)NC2=O)C3=O)cc1Cl. The molecule has 2 aromatic carbocycles. The molecule has 0 bridgehead atoms. The normalized spacial score (nSPS) is 18.9. The van der Waals surface area contributed by atoms with Crippen LogP contribution >= 0.6 is 11.6 Å². The van der Waals surface area contributed by atoms with Crippen molar-refractivity contribution in [3.05, 3.63) is 63.7 Å². The smallest absolute Gasteiger partial charge is 0.255 e. The first kappa shape index (κ1) is 18.5. The van der Waals surface area contributed by atoms with Gasteiger partial charge in [-0.05, 0) is 48.2 Å². The molecule has 0 radical (unpaired) electrons. The summed E-state index contributed by atoms with van der Waals surface area (Å²) in [6.45, 7) is 2.93. The predicted molar refractivity (Wildman–Crippen MR) is 106 cm³/mol. The van der Waals surface area contributed by atoms with E-state index in [2.05, 4.69) is 10.6 Å². The van der Waals surface area contributed by atoms with Gasteiger partial charge in [-0.3, -0.25) is 19.7 Å². The summed E-state index contributed by atoms with van der Waals surface area (Å²) in [6.07, 6.45) is 0.623. The monoisotopic (exact) mass is 397 g/mol. The first-order valence-corrected chi connectivity index (χ1v) is 9.56. The van der Waals surface area contributed by atoms with Gasteiger partial charge in [-0.2, -0.15) is 0 Å². The summed E-state index contributed by atoms with van der Waals surface area (Å²) < 4.78 is 0. The first-order valence-electron chi connectivity index (χ1n) is 9.19. The number of hydrogen-bond acceptors (Lipinski definition) is 4. The Labute approximate surface area is 167 Å². The fourth-order valence-electron chi connectivity index (χ4n) is 3.64. The van der Waals surface area contributed by atoms with Crippen molar-refractivity contribution in [3.8, 4) is 0 Å². The summed E-state index contributed by atoms with van der Waals surface area (Å²) in [6, 6.07) is 10.9. The van der Waals surface area contributed by atoms with Crippen LogP contribution in [-0.2, 0) is 22.7 Å². The molecule has 28 heavy (non-hydrogen) atoms. The number of hydrogen-bond donors (Lipinski definition) is 2. The number of halogens is 1. The van der Waals surface area contributed by atoms with Gasteiger partial charge in [-0.25, -0.2) is 0 Å². The standard InChI is InChI=1S/C21H20ClN3O3/c1-12-2-4-15(9-17(12)22)23-10-13-3-5-16-14(8-13)11-25(21(16)28)18-6-7-19(26)24-20(18)27/h2-5,8-9,18,23H,6-7,10-11H2,1H3,(H,24,26,27). The van der Waals surface area contributed by atoms with Crippen molar-refractivity contribution in [3.63, 3.8) is 0 Å². The molecule has 6 nitrogen and oxygen atoms in total. The molecule has 1 atom stereocenters. The number of anilines is 1. The molecule has 7 heteroatoms. The number of carbonyl (C=O) groups excluding carboxylic acids is 3. The fourth-order valence-corrected chi connectivity index (χ4v) is 3.83. The second-order valence-corrected chi connectivity index (χ2v) is 7.62. The minimum atomic E-state index is -0.589. The quantitative estimate of drug-likeness (QED) is 0.777. The lowest BCUT2D eigenvalue weighted by molar-refractivity contribution is -0.136. The minimum Gasteiger partial charge on any atom is -0.381 e. The van der Waals surface area contributed by atoms with Crippen LogP contribution in [0.3, 0.4) is 0 Å². The highest BCUT2D eigenvalue weighted by atomic mass is 35.5. The van der Waals surface area contributed by atoms with E-state index in [-0.39, 0.29) is 18.2 Å². The Bertz CT molecular complexity index is 989. The van der Waals surface area contributed by atoms with Crippen molar-refractivity contribution >= 4 is 35.0 Å². The summed E-state index contributed by atoms with van der Waals surface area (Å²) >= 11 is 6.16. The van der Waals surface area contributed by atoms with Gasteiger partial charge >= 0.3 is 0 Å². The Morgan fingerprint density at radius 1 is 1.18 bits per heavy atom. The Hall–Kier alpha value is -2.86. The van der Waals surface area contributed by atoms with E-state index in [1.807, 2.05) is 43.3 Å². The van der Waals surface area contributed by atoms with E-state index in [0.29, 0.717) is 30.1 Å². The zero-order valence-electron chi connectivity index (χ0n) is 15.4. The van der Waals surface area contributed by atoms with Crippen molar-refractivity contribution in [2.75, 3.05) is 5.32 Å². The van der Waals surface area contributed by atoms with Gasteiger partial charge in [0.2, 0.25) is 11.8 Å². The van der Waals surface area contributed by atoms with Gasteiger partial charge in [0, 0.05) is 35.8 Å². The average molecular weight is 398 g/mol. The summed E-state index contributed by atoms with van der Waals surface area (Å²) in [5, 5.41) is 6.37. The molecule has 2 heterocycles. The van der Waals surface area contributed by atoms with Crippen LogP contribution in [0.25, 0.3) is 0 Å². The van der Waals surface area contributed by atoms with Gasteiger partial charge in [0.15, 0.2) is 0 Å². The molecule has 0 aromatic heterocycles. The van der Waals surface area contributed by atoms with E-state index in [4.69, 9.17) is 11.6 Å². The van der Waals surface area contributed by atoms with Crippen molar-refractivity contribution in [1.29, 1.82) is 0 Å². The molecule has 4 rings (SSSR count). The maximum absolute atomic E-state index is 12.7. The molecule has 3 amide bonds. The summed E-state index contributed by atoms with van der Waals surface area (Å²) in [5.74, 6) is -0.833. The fraction of sp³-hybridized carbons (Fsp3) is 0.286. The van der Waals surface area contributed by atoms with Crippen molar-refractivity contribution in [1.82, 2.24) is 10.2 Å². The lowest BCUT2D eigenvalue weighted by Crippen LogP contribution is -2.52. The van der Waals surface area contributed by atoms with Crippen LogP contribution in [-0.4, -0.2) is 28.7 Å². The number of piperidine rings is 1. The zero-order chi connectivity index (χ0) is 19.8. The van der Waals surface area contributed by atoms with Crippen LogP contribution in [0.1, 0.15) is 39.9 Å². The third kappa shape index (κ3) is 3.47. The largest absolute Gasteiger partial charge is 0.381 e. The first-order chi connectivity index (χ1) is 13.4. The van der Waals surface area contributed by atoms with Crippen molar-refractivity contribution in [2.45, 2.75) is 38.9 Å². The average Bonchev–Trinajstić information content (AvgIpc) is 2.99. The van der Waals surface area contributed by atoms with Crippen LogP contribution in [0.2, 0.25) is 5.02 Å². The van der Waals surface area contributed by atoms with Crippen molar-refractivity contribution in [2.24, 2.45) is 0 Å². The van der Waals surface area contributed by atoms with Crippen LogP contribution in [0.5, 0.6) is 0 Å². The van der Waals surface area contributed by atoms with Gasteiger partial charge in [-0.1, -0.05) is 29.8 Å². The summed E-state index contributed by atoms with van der Waals surface area (Å²) in [5.41, 5.74) is 4.50. The summed E-state index contributed by atoms with van der Waals surface area (Å²) in [4.78, 5) is 37.7. The third-order valence-electron chi connectivity index (χ3n) is 5.26.